The van der Waals surface area contributed by atoms with Crippen molar-refractivity contribution in [1.29, 1.82) is 5.41 Å². The summed E-state index contributed by atoms with van der Waals surface area (Å²) >= 11 is 0. The van der Waals surface area contributed by atoms with Crippen LogP contribution in [0.5, 0.6) is 0 Å². The third kappa shape index (κ3) is 2.57. The Bertz CT molecular complexity index is 416. The Morgan fingerprint density at radius 2 is 2.00 bits per heavy atom. The number of carbonyl (C=O) groups excluding carboxylic acids is 1. The summed E-state index contributed by atoms with van der Waals surface area (Å²) in [6.45, 7) is 0. The van der Waals surface area contributed by atoms with Gasteiger partial charge in [0.1, 0.15) is 6.29 Å². The molecule has 0 aromatic heterocycles. The van der Waals surface area contributed by atoms with Crippen LogP contribution in [0.1, 0.15) is 28.8 Å². The molecule has 1 fully saturated rings. The minimum absolute atomic E-state index is 0.587. The van der Waals surface area contributed by atoms with Gasteiger partial charge in [-0.3, -0.25) is 4.79 Å². The lowest BCUT2D eigenvalue weighted by Gasteiger charge is -2.03. The van der Waals surface area contributed by atoms with Crippen molar-refractivity contribution in [3.05, 3.63) is 41.6 Å². The van der Waals surface area contributed by atoms with Crippen LogP contribution < -0.4 is 5.32 Å². The van der Waals surface area contributed by atoms with Gasteiger partial charge in [-0.2, -0.15) is 0 Å². The molecule has 1 aliphatic carbocycles. The lowest BCUT2D eigenvalue weighted by molar-refractivity contribution is 0.112. The third-order valence-electron chi connectivity index (χ3n) is 2.59. The van der Waals surface area contributed by atoms with Crippen LogP contribution in [-0.2, 0) is 0 Å². The summed E-state index contributed by atoms with van der Waals surface area (Å²) < 4.78 is 0. The Labute approximate surface area is 94.7 Å². The number of nitrogens with one attached hydrogen (secondary N) is 2. The Balaban J connectivity index is 2.14. The molecule has 3 nitrogen and oxygen atoms in total. The van der Waals surface area contributed by atoms with Gasteiger partial charge in [0.2, 0.25) is 0 Å². The van der Waals surface area contributed by atoms with Crippen LogP contribution in [0.3, 0.4) is 0 Å². The molecular weight excluding hydrogens is 200 g/mol. The molecule has 1 saturated carbocycles. The maximum Gasteiger partial charge on any atom is 0.150 e. The van der Waals surface area contributed by atoms with Crippen molar-refractivity contribution in [3.63, 3.8) is 0 Å². The first-order valence-corrected chi connectivity index (χ1v) is 5.36. The molecule has 0 unspecified atom stereocenters. The number of allylic oxidation sites excluding steroid dienone is 1. The van der Waals surface area contributed by atoms with Gasteiger partial charge in [0.15, 0.2) is 0 Å². The van der Waals surface area contributed by atoms with Crippen molar-refractivity contribution in [2.75, 3.05) is 0 Å². The van der Waals surface area contributed by atoms with E-state index in [1.54, 1.807) is 12.1 Å². The van der Waals surface area contributed by atoms with E-state index in [9.17, 15) is 4.79 Å². The van der Waals surface area contributed by atoms with E-state index in [2.05, 4.69) is 5.32 Å². The molecular formula is C13H14N2O. The number of benzene rings is 1. The van der Waals surface area contributed by atoms with E-state index < -0.39 is 0 Å². The Morgan fingerprint density at radius 3 is 2.50 bits per heavy atom. The van der Waals surface area contributed by atoms with Gasteiger partial charge in [0.25, 0.3) is 0 Å². The first kappa shape index (κ1) is 10.6. The van der Waals surface area contributed by atoms with Gasteiger partial charge in [-0.15, -0.1) is 0 Å². The summed E-state index contributed by atoms with van der Waals surface area (Å²) in [5.74, 6) is 0. The summed E-state index contributed by atoms with van der Waals surface area (Å²) in [7, 11) is 0. The summed E-state index contributed by atoms with van der Waals surface area (Å²) in [5, 5.41) is 10.6. The molecule has 0 bridgehead atoms. The normalized spacial score (nSPS) is 15.6. The summed E-state index contributed by atoms with van der Waals surface area (Å²) in [5.41, 5.74) is 2.45. The van der Waals surface area contributed by atoms with Crippen molar-refractivity contribution in [2.45, 2.75) is 18.9 Å². The minimum Gasteiger partial charge on any atom is -0.388 e. The van der Waals surface area contributed by atoms with Crippen molar-refractivity contribution in [2.24, 2.45) is 0 Å². The summed E-state index contributed by atoms with van der Waals surface area (Å²) in [6, 6.07) is 7.82. The van der Waals surface area contributed by atoms with E-state index in [1.807, 2.05) is 18.3 Å². The second-order valence-electron chi connectivity index (χ2n) is 3.92. The monoisotopic (exact) mass is 214 g/mol. The molecule has 0 atom stereocenters. The van der Waals surface area contributed by atoms with Crippen LogP contribution in [0.2, 0.25) is 0 Å². The molecule has 0 aliphatic heterocycles. The number of rotatable bonds is 5. The molecule has 2 rings (SSSR count). The van der Waals surface area contributed by atoms with Gasteiger partial charge < -0.3 is 10.7 Å². The molecule has 2 N–H and O–H groups in total. The van der Waals surface area contributed by atoms with E-state index in [-0.39, 0.29) is 0 Å². The minimum atomic E-state index is 0.587. The zero-order chi connectivity index (χ0) is 11.4. The average Bonchev–Trinajstić information content (AvgIpc) is 3.15. The molecule has 1 aromatic carbocycles. The van der Waals surface area contributed by atoms with Crippen LogP contribution >= 0.6 is 0 Å². The highest BCUT2D eigenvalue weighted by atomic mass is 16.1. The maximum absolute atomic E-state index is 10.5. The van der Waals surface area contributed by atoms with Crippen LogP contribution in [-0.4, -0.2) is 18.5 Å². The molecule has 0 saturated heterocycles. The third-order valence-corrected chi connectivity index (χ3v) is 2.59. The first-order valence-electron chi connectivity index (χ1n) is 5.36. The average molecular weight is 214 g/mol. The summed E-state index contributed by atoms with van der Waals surface area (Å²) in [4.78, 5) is 10.5. The van der Waals surface area contributed by atoms with E-state index in [0.717, 1.165) is 17.4 Å². The van der Waals surface area contributed by atoms with Gasteiger partial charge >= 0.3 is 0 Å². The molecule has 0 spiro atoms. The van der Waals surface area contributed by atoms with Gasteiger partial charge in [-0.1, -0.05) is 24.3 Å². The quantitative estimate of drug-likeness (QED) is 0.583. The van der Waals surface area contributed by atoms with Gasteiger partial charge in [-0.05, 0) is 18.4 Å². The SMILES string of the molecule is N=C/C(=C\NC1CC1)c1ccc(C=O)cc1. The van der Waals surface area contributed by atoms with Gasteiger partial charge in [-0.25, -0.2) is 0 Å². The molecule has 3 heteroatoms. The second kappa shape index (κ2) is 4.75. The van der Waals surface area contributed by atoms with Crippen LogP contribution in [0.25, 0.3) is 5.57 Å². The molecule has 0 heterocycles. The Morgan fingerprint density at radius 1 is 1.31 bits per heavy atom. The highest BCUT2D eigenvalue weighted by molar-refractivity contribution is 6.08. The van der Waals surface area contributed by atoms with Gasteiger partial charge in [0.05, 0.1) is 0 Å². The number of aldehydes is 1. The van der Waals surface area contributed by atoms with Crippen molar-refractivity contribution >= 4 is 18.1 Å². The molecule has 82 valence electrons. The molecule has 1 aliphatic rings. The molecule has 16 heavy (non-hydrogen) atoms. The summed E-state index contributed by atoms with van der Waals surface area (Å²) in [6.07, 6.45) is 6.45. The fourth-order valence-electron chi connectivity index (χ4n) is 1.42. The number of carbonyl (C=O) groups is 1. The fraction of sp³-hybridized carbons (Fsp3) is 0.231. The topological polar surface area (TPSA) is 53.0 Å². The van der Waals surface area contributed by atoms with Crippen LogP contribution in [0, 0.1) is 5.41 Å². The predicted molar refractivity (Wildman–Crippen MR) is 64.7 cm³/mol. The number of hydrogen-bond acceptors (Lipinski definition) is 3. The zero-order valence-electron chi connectivity index (χ0n) is 8.94. The fourth-order valence-corrected chi connectivity index (χ4v) is 1.42. The largest absolute Gasteiger partial charge is 0.388 e. The van der Waals surface area contributed by atoms with E-state index in [4.69, 9.17) is 5.41 Å². The second-order valence-corrected chi connectivity index (χ2v) is 3.92. The van der Waals surface area contributed by atoms with E-state index in [1.165, 1.54) is 19.1 Å². The van der Waals surface area contributed by atoms with Gasteiger partial charge in [0, 0.05) is 29.6 Å². The highest BCUT2D eigenvalue weighted by Gasteiger charge is 2.19. The lowest BCUT2D eigenvalue weighted by Crippen LogP contribution is -2.08. The van der Waals surface area contributed by atoms with E-state index >= 15 is 0 Å². The Hall–Kier alpha value is -1.90. The Kier molecular flexibility index (Phi) is 3.15. The highest BCUT2D eigenvalue weighted by Crippen LogP contribution is 2.20. The van der Waals surface area contributed by atoms with Crippen molar-refractivity contribution in [1.82, 2.24) is 5.32 Å². The molecule has 1 aromatic rings. The van der Waals surface area contributed by atoms with Crippen molar-refractivity contribution < 1.29 is 4.79 Å². The molecule has 0 amide bonds. The van der Waals surface area contributed by atoms with Crippen LogP contribution in [0.15, 0.2) is 30.5 Å². The van der Waals surface area contributed by atoms with E-state index in [0.29, 0.717) is 11.6 Å². The first-order chi connectivity index (χ1) is 7.83. The molecule has 0 radical (unpaired) electrons. The van der Waals surface area contributed by atoms with Crippen molar-refractivity contribution in [3.8, 4) is 0 Å². The standard InChI is InChI=1S/C13H14N2O/c14-7-12(8-15-13-5-6-13)11-3-1-10(9-16)2-4-11/h1-4,7-9,13-15H,5-6H2/b12-8+,14-7?. The number of hydrogen-bond donors (Lipinski definition) is 2. The maximum atomic E-state index is 10.5. The smallest absolute Gasteiger partial charge is 0.150 e. The predicted octanol–water partition coefficient (Wildman–Crippen LogP) is 2.24. The zero-order valence-corrected chi connectivity index (χ0v) is 8.94. The lowest BCUT2D eigenvalue weighted by atomic mass is 10.1. The van der Waals surface area contributed by atoms with Crippen LogP contribution in [0.4, 0.5) is 0 Å².